The molecular formula is C17H13FN2OS. The van der Waals surface area contributed by atoms with Crippen molar-refractivity contribution in [3.05, 3.63) is 66.6 Å². The number of thioether (sulfide) groups is 1. The Labute approximate surface area is 131 Å². The number of halogens is 1. The topological polar surface area (TPSA) is 42.0 Å². The molecule has 1 aromatic heterocycles. The Morgan fingerprint density at radius 2 is 1.86 bits per heavy atom. The van der Waals surface area contributed by atoms with Crippen LogP contribution < -0.4 is 5.32 Å². The number of hydrogen-bond acceptors (Lipinski definition) is 3. The molecule has 2 aromatic carbocycles. The summed E-state index contributed by atoms with van der Waals surface area (Å²) in [6, 6.07) is 15.6. The highest BCUT2D eigenvalue weighted by Crippen LogP contribution is 2.25. The second kappa shape index (κ2) is 6.58. The van der Waals surface area contributed by atoms with E-state index in [-0.39, 0.29) is 17.5 Å². The maximum absolute atomic E-state index is 12.8. The predicted molar refractivity (Wildman–Crippen MR) is 87.5 cm³/mol. The molecule has 0 unspecified atom stereocenters. The molecule has 0 aliphatic heterocycles. The normalized spacial score (nSPS) is 10.6. The Balaban J connectivity index is 1.66. The fraction of sp³-hybridized carbons (Fsp3) is 0.0588. The van der Waals surface area contributed by atoms with Gasteiger partial charge in [-0.1, -0.05) is 36.0 Å². The lowest BCUT2D eigenvalue weighted by Gasteiger charge is -2.06. The van der Waals surface area contributed by atoms with E-state index in [2.05, 4.69) is 10.3 Å². The Morgan fingerprint density at radius 1 is 1.09 bits per heavy atom. The van der Waals surface area contributed by atoms with Crippen LogP contribution in [0.5, 0.6) is 0 Å². The highest BCUT2D eigenvalue weighted by Gasteiger charge is 2.07. The number of hydrogen-bond donors (Lipinski definition) is 1. The van der Waals surface area contributed by atoms with Crippen molar-refractivity contribution in [2.75, 3.05) is 11.1 Å². The van der Waals surface area contributed by atoms with Crippen molar-refractivity contribution in [2.24, 2.45) is 0 Å². The van der Waals surface area contributed by atoms with E-state index in [1.165, 1.54) is 36.0 Å². The first-order valence-electron chi connectivity index (χ1n) is 6.74. The highest BCUT2D eigenvalue weighted by atomic mass is 32.2. The van der Waals surface area contributed by atoms with Gasteiger partial charge < -0.3 is 5.32 Å². The molecule has 0 fully saturated rings. The van der Waals surface area contributed by atoms with E-state index in [0.29, 0.717) is 5.69 Å². The zero-order valence-corrected chi connectivity index (χ0v) is 12.4. The number of fused-ring (bicyclic) bond motifs is 1. The third kappa shape index (κ3) is 3.43. The van der Waals surface area contributed by atoms with Gasteiger partial charge in [-0.2, -0.15) is 0 Å². The molecular weight excluding hydrogens is 299 g/mol. The molecule has 0 saturated heterocycles. The maximum atomic E-state index is 12.8. The van der Waals surface area contributed by atoms with Crippen LogP contribution in [0.15, 0.2) is 65.8 Å². The molecule has 1 amide bonds. The van der Waals surface area contributed by atoms with Crippen LogP contribution in [-0.2, 0) is 4.79 Å². The molecule has 0 radical (unpaired) electrons. The quantitative estimate of drug-likeness (QED) is 0.737. The molecule has 110 valence electrons. The first-order valence-corrected chi connectivity index (χ1v) is 7.73. The van der Waals surface area contributed by atoms with Gasteiger partial charge in [0.1, 0.15) is 10.8 Å². The summed E-state index contributed by atoms with van der Waals surface area (Å²) in [5.74, 6) is -0.225. The zero-order valence-electron chi connectivity index (χ0n) is 11.6. The van der Waals surface area contributed by atoms with Gasteiger partial charge in [0.25, 0.3) is 0 Å². The number of amides is 1. The monoisotopic (exact) mass is 312 g/mol. The number of nitrogens with one attached hydrogen (secondary N) is 1. The van der Waals surface area contributed by atoms with Crippen molar-refractivity contribution in [3.63, 3.8) is 0 Å². The number of pyridine rings is 1. The lowest BCUT2D eigenvalue weighted by atomic mass is 10.2. The van der Waals surface area contributed by atoms with E-state index < -0.39 is 0 Å². The average Bonchev–Trinajstić information content (AvgIpc) is 2.55. The smallest absolute Gasteiger partial charge is 0.234 e. The fourth-order valence-corrected chi connectivity index (χ4v) is 2.89. The van der Waals surface area contributed by atoms with Crippen LogP contribution in [0.3, 0.4) is 0 Å². The van der Waals surface area contributed by atoms with Gasteiger partial charge in [0.2, 0.25) is 5.91 Å². The van der Waals surface area contributed by atoms with Crippen molar-refractivity contribution in [3.8, 4) is 0 Å². The molecule has 0 saturated carbocycles. The zero-order chi connectivity index (χ0) is 15.4. The summed E-state index contributed by atoms with van der Waals surface area (Å²) in [4.78, 5) is 16.3. The Kier molecular flexibility index (Phi) is 4.34. The number of rotatable bonds is 4. The van der Waals surface area contributed by atoms with Gasteiger partial charge in [-0.3, -0.25) is 4.79 Å². The first kappa shape index (κ1) is 14.5. The number of nitrogens with zero attached hydrogens (tertiary/aromatic N) is 1. The van der Waals surface area contributed by atoms with Gasteiger partial charge in [0, 0.05) is 17.3 Å². The van der Waals surface area contributed by atoms with E-state index in [1.807, 2.05) is 30.3 Å². The van der Waals surface area contributed by atoms with Crippen LogP contribution >= 0.6 is 11.8 Å². The molecule has 3 rings (SSSR count). The molecule has 1 heterocycles. The van der Waals surface area contributed by atoms with Crippen molar-refractivity contribution in [1.29, 1.82) is 0 Å². The fourth-order valence-electron chi connectivity index (χ4n) is 2.07. The van der Waals surface area contributed by atoms with Crippen LogP contribution in [0.1, 0.15) is 0 Å². The van der Waals surface area contributed by atoms with E-state index >= 15 is 0 Å². The standard InChI is InChI=1S/C17H13FN2OS/c18-13-5-7-14(8-6-13)20-16(21)11-22-17-15-4-2-1-3-12(15)9-10-19-17/h1-10H,11H2,(H,20,21). The molecule has 22 heavy (non-hydrogen) atoms. The van der Waals surface area contributed by atoms with Gasteiger partial charge in [0.05, 0.1) is 5.75 Å². The Morgan fingerprint density at radius 3 is 2.68 bits per heavy atom. The highest BCUT2D eigenvalue weighted by molar-refractivity contribution is 8.00. The maximum Gasteiger partial charge on any atom is 0.234 e. The van der Waals surface area contributed by atoms with Gasteiger partial charge in [-0.25, -0.2) is 9.37 Å². The molecule has 3 aromatic rings. The van der Waals surface area contributed by atoms with Crippen LogP contribution in [-0.4, -0.2) is 16.6 Å². The second-order valence-electron chi connectivity index (χ2n) is 4.68. The van der Waals surface area contributed by atoms with Crippen LogP contribution in [0.25, 0.3) is 10.8 Å². The van der Waals surface area contributed by atoms with E-state index in [9.17, 15) is 9.18 Å². The third-order valence-corrected chi connectivity index (χ3v) is 4.11. The number of aromatic nitrogens is 1. The molecule has 1 N–H and O–H groups in total. The first-order chi connectivity index (χ1) is 10.7. The summed E-state index contributed by atoms with van der Waals surface area (Å²) in [5.41, 5.74) is 0.581. The largest absolute Gasteiger partial charge is 0.325 e. The van der Waals surface area contributed by atoms with Gasteiger partial charge in [0.15, 0.2) is 0 Å². The summed E-state index contributed by atoms with van der Waals surface area (Å²) < 4.78 is 12.8. The van der Waals surface area contributed by atoms with Crippen molar-refractivity contribution >= 4 is 34.1 Å². The van der Waals surface area contributed by atoms with Crippen molar-refractivity contribution in [2.45, 2.75) is 5.03 Å². The van der Waals surface area contributed by atoms with Crippen molar-refractivity contribution < 1.29 is 9.18 Å². The summed E-state index contributed by atoms with van der Waals surface area (Å²) in [7, 11) is 0. The Hall–Kier alpha value is -2.40. The lowest BCUT2D eigenvalue weighted by molar-refractivity contribution is -0.113. The van der Waals surface area contributed by atoms with Gasteiger partial charge >= 0.3 is 0 Å². The molecule has 0 aliphatic rings. The third-order valence-electron chi connectivity index (χ3n) is 3.11. The molecule has 0 bridgehead atoms. The SMILES string of the molecule is O=C(CSc1nccc2ccccc12)Nc1ccc(F)cc1. The average molecular weight is 312 g/mol. The van der Waals surface area contributed by atoms with Crippen LogP contribution in [0.4, 0.5) is 10.1 Å². The molecule has 0 spiro atoms. The molecule has 3 nitrogen and oxygen atoms in total. The Bertz CT molecular complexity index is 800. The number of carbonyl (C=O) groups is 1. The summed E-state index contributed by atoms with van der Waals surface area (Å²) in [5, 5.41) is 5.69. The van der Waals surface area contributed by atoms with Gasteiger partial charge in [-0.05, 0) is 35.7 Å². The minimum Gasteiger partial charge on any atom is -0.325 e. The summed E-state index contributed by atoms with van der Waals surface area (Å²) in [6.07, 6.45) is 1.74. The van der Waals surface area contributed by atoms with E-state index in [0.717, 1.165) is 15.8 Å². The van der Waals surface area contributed by atoms with Crippen LogP contribution in [0.2, 0.25) is 0 Å². The predicted octanol–water partition coefficient (Wildman–Crippen LogP) is 4.10. The number of benzene rings is 2. The van der Waals surface area contributed by atoms with E-state index in [4.69, 9.17) is 0 Å². The molecule has 5 heteroatoms. The number of carbonyl (C=O) groups excluding carboxylic acids is 1. The molecule has 0 aliphatic carbocycles. The lowest BCUT2D eigenvalue weighted by Crippen LogP contribution is -2.14. The molecule has 0 atom stereocenters. The summed E-state index contributed by atoms with van der Waals surface area (Å²) in [6.45, 7) is 0. The van der Waals surface area contributed by atoms with E-state index in [1.54, 1.807) is 6.20 Å². The number of anilines is 1. The minimum absolute atomic E-state index is 0.147. The second-order valence-corrected chi connectivity index (χ2v) is 5.65. The van der Waals surface area contributed by atoms with Crippen LogP contribution in [0, 0.1) is 5.82 Å². The minimum atomic E-state index is -0.327. The summed E-state index contributed by atoms with van der Waals surface area (Å²) >= 11 is 1.38. The van der Waals surface area contributed by atoms with Gasteiger partial charge in [-0.15, -0.1) is 0 Å². The van der Waals surface area contributed by atoms with Crippen molar-refractivity contribution in [1.82, 2.24) is 4.98 Å².